The largest absolute Gasteiger partial charge is 0.393 e. The number of nitrogens with one attached hydrogen (secondary N) is 1. The van der Waals surface area contributed by atoms with Gasteiger partial charge in [-0.1, -0.05) is 24.4 Å². The lowest BCUT2D eigenvalue weighted by molar-refractivity contribution is -0.184. The second-order valence-corrected chi connectivity index (χ2v) is 6.18. The zero-order valence-corrected chi connectivity index (χ0v) is 12.9. The summed E-state index contributed by atoms with van der Waals surface area (Å²) < 4.78 is 39.5. The summed E-state index contributed by atoms with van der Waals surface area (Å²) in [6.07, 6.45) is -1.97. The molecular weight excluding hydrogens is 301 g/mol. The lowest BCUT2D eigenvalue weighted by Crippen LogP contribution is -2.41. The first-order chi connectivity index (χ1) is 9.79. The zero-order chi connectivity index (χ0) is 15.6. The highest BCUT2D eigenvalue weighted by atomic mass is 35.5. The first-order valence-electron chi connectivity index (χ1n) is 7.09. The van der Waals surface area contributed by atoms with E-state index in [1.807, 2.05) is 25.1 Å². The summed E-state index contributed by atoms with van der Waals surface area (Å²) in [6, 6.07) is 4.66. The maximum absolute atomic E-state index is 13.2. The second-order valence-electron chi connectivity index (χ2n) is 5.74. The maximum atomic E-state index is 13.2. The summed E-state index contributed by atoms with van der Waals surface area (Å²) in [4.78, 5) is 1.87. The Morgan fingerprint density at radius 3 is 2.48 bits per heavy atom. The van der Waals surface area contributed by atoms with E-state index >= 15 is 0 Å². The molecule has 0 bridgehead atoms. The van der Waals surface area contributed by atoms with Gasteiger partial charge < -0.3 is 10.2 Å². The van der Waals surface area contributed by atoms with Gasteiger partial charge in [-0.3, -0.25) is 0 Å². The minimum atomic E-state index is -4.16. The average molecular weight is 321 g/mol. The molecule has 0 aliphatic heterocycles. The molecule has 0 radical (unpaired) electrons. The summed E-state index contributed by atoms with van der Waals surface area (Å²) in [5.74, 6) is -1.29. The summed E-state index contributed by atoms with van der Waals surface area (Å²) in [6.45, 7) is 0. The fourth-order valence-electron chi connectivity index (χ4n) is 2.91. The molecule has 1 saturated carbocycles. The van der Waals surface area contributed by atoms with Crippen LogP contribution in [0.3, 0.4) is 0 Å². The van der Waals surface area contributed by atoms with Gasteiger partial charge in [0.25, 0.3) is 0 Å². The van der Waals surface area contributed by atoms with Gasteiger partial charge in [0, 0.05) is 25.2 Å². The van der Waals surface area contributed by atoms with Crippen LogP contribution in [0, 0.1) is 5.92 Å². The predicted molar refractivity (Wildman–Crippen MR) is 81.2 cm³/mol. The number of hydrogen-bond donors (Lipinski definition) is 1. The molecule has 2 atom stereocenters. The number of alkyl halides is 3. The second kappa shape index (κ2) is 6.34. The van der Waals surface area contributed by atoms with Gasteiger partial charge in [-0.05, 0) is 31.0 Å². The highest BCUT2D eigenvalue weighted by molar-refractivity contribution is 6.31. The Labute approximate surface area is 128 Å². The van der Waals surface area contributed by atoms with E-state index in [1.54, 1.807) is 12.1 Å². The molecule has 0 aromatic heterocycles. The number of rotatable bonds is 3. The molecule has 6 heteroatoms. The number of benzene rings is 1. The molecule has 0 amide bonds. The quantitative estimate of drug-likeness (QED) is 0.848. The van der Waals surface area contributed by atoms with Gasteiger partial charge in [-0.25, -0.2) is 0 Å². The maximum Gasteiger partial charge on any atom is 0.393 e. The fraction of sp³-hybridized carbons (Fsp3) is 0.600. The molecule has 1 aromatic rings. The third-order valence-corrected chi connectivity index (χ3v) is 4.20. The predicted octanol–water partition coefficient (Wildman–Crippen LogP) is 4.94. The Kier molecular flexibility index (Phi) is 4.91. The van der Waals surface area contributed by atoms with Crippen molar-refractivity contribution in [3.8, 4) is 0 Å². The third-order valence-electron chi connectivity index (χ3n) is 3.97. The van der Waals surface area contributed by atoms with Gasteiger partial charge in [0.1, 0.15) is 0 Å². The summed E-state index contributed by atoms with van der Waals surface area (Å²) in [7, 11) is 3.72. The monoisotopic (exact) mass is 320 g/mol. The van der Waals surface area contributed by atoms with Crippen molar-refractivity contribution in [3.05, 3.63) is 23.2 Å². The van der Waals surface area contributed by atoms with Gasteiger partial charge in [-0.15, -0.1) is 0 Å². The molecule has 1 fully saturated rings. The molecule has 21 heavy (non-hydrogen) atoms. The van der Waals surface area contributed by atoms with E-state index in [1.165, 1.54) is 0 Å². The van der Waals surface area contributed by atoms with Crippen LogP contribution in [0.25, 0.3) is 0 Å². The molecule has 0 heterocycles. The van der Waals surface area contributed by atoms with Crippen LogP contribution in [0.4, 0.5) is 24.5 Å². The van der Waals surface area contributed by atoms with Crippen molar-refractivity contribution in [3.63, 3.8) is 0 Å². The molecule has 0 spiro atoms. The normalized spacial score (nSPS) is 23.0. The lowest BCUT2D eigenvalue weighted by atomic mass is 9.84. The Morgan fingerprint density at radius 1 is 1.19 bits per heavy atom. The van der Waals surface area contributed by atoms with E-state index in [-0.39, 0.29) is 6.42 Å². The highest BCUT2D eigenvalue weighted by Gasteiger charge is 2.45. The van der Waals surface area contributed by atoms with Crippen molar-refractivity contribution in [1.29, 1.82) is 0 Å². The smallest absolute Gasteiger partial charge is 0.380 e. The van der Waals surface area contributed by atoms with Crippen LogP contribution in [0.15, 0.2) is 18.2 Å². The Hall–Kier alpha value is -1.10. The molecule has 2 nitrogen and oxygen atoms in total. The first kappa shape index (κ1) is 16.3. The Morgan fingerprint density at radius 2 is 1.86 bits per heavy atom. The molecule has 1 aliphatic carbocycles. The topological polar surface area (TPSA) is 15.3 Å². The van der Waals surface area contributed by atoms with E-state index in [2.05, 4.69) is 5.32 Å². The standard InChI is InChI=1S/C15H20ClF3N2/c1-21(2)14-8-7-10(16)9-13(14)20-12-6-4-3-5-11(12)15(17,18)19/h7-9,11-12,20H,3-6H2,1-2H3. The minimum absolute atomic E-state index is 0.193. The number of hydrogen-bond acceptors (Lipinski definition) is 2. The van der Waals surface area contributed by atoms with Crippen LogP contribution in [-0.2, 0) is 0 Å². The van der Waals surface area contributed by atoms with Gasteiger partial charge in [0.2, 0.25) is 0 Å². The molecule has 0 saturated heterocycles. The minimum Gasteiger partial charge on any atom is -0.380 e. The molecule has 2 rings (SSSR count). The molecule has 1 N–H and O–H groups in total. The van der Waals surface area contributed by atoms with Gasteiger partial charge in [0.05, 0.1) is 17.3 Å². The molecule has 1 aromatic carbocycles. The average Bonchev–Trinajstić information content (AvgIpc) is 2.37. The Bertz CT molecular complexity index is 488. The summed E-state index contributed by atoms with van der Waals surface area (Å²) >= 11 is 5.98. The molecule has 118 valence electrons. The number of anilines is 2. The summed E-state index contributed by atoms with van der Waals surface area (Å²) in [5, 5.41) is 3.60. The number of nitrogens with zero attached hydrogens (tertiary/aromatic N) is 1. The van der Waals surface area contributed by atoms with Crippen LogP contribution in [0.1, 0.15) is 25.7 Å². The SMILES string of the molecule is CN(C)c1ccc(Cl)cc1NC1CCCCC1C(F)(F)F. The third kappa shape index (κ3) is 3.96. The van der Waals surface area contributed by atoms with Crippen LogP contribution >= 0.6 is 11.6 Å². The van der Waals surface area contributed by atoms with Gasteiger partial charge in [0.15, 0.2) is 0 Å². The highest BCUT2D eigenvalue weighted by Crippen LogP contribution is 2.40. The van der Waals surface area contributed by atoms with Crippen LogP contribution in [-0.4, -0.2) is 26.3 Å². The van der Waals surface area contributed by atoms with Crippen molar-refractivity contribution >= 4 is 23.0 Å². The van der Waals surface area contributed by atoms with Crippen molar-refractivity contribution in [2.75, 3.05) is 24.3 Å². The van der Waals surface area contributed by atoms with Crippen molar-refractivity contribution in [1.82, 2.24) is 0 Å². The molecular formula is C15H20ClF3N2. The first-order valence-corrected chi connectivity index (χ1v) is 7.47. The lowest BCUT2D eigenvalue weighted by Gasteiger charge is -2.35. The zero-order valence-electron chi connectivity index (χ0n) is 12.2. The van der Waals surface area contributed by atoms with Gasteiger partial charge in [-0.2, -0.15) is 13.2 Å². The van der Waals surface area contributed by atoms with Crippen molar-refractivity contribution in [2.45, 2.75) is 37.9 Å². The molecule has 1 aliphatic rings. The van der Waals surface area contributed by atoms with E-state index in [4.69, 9.17) is 11.6 Å². The number of halogens is 4. The van der Waals surface area contributed by atoms with Crippen molar-refractivity contribution < 1.29 is 13.2 Å². The van der Waals surface area contributed by atoms with Crippen LogP contribution < -0.4 is 10.2 Å². The Balaban J connectivity index is 2.25. The van der Waals surface area contributed by atoms with E-state index in [9.17, 15) is 13.2 Å². The van der Waals surface area contributed by atoms with Crippen molar-refractivity contribution in [2.24, 2.45) is 5.92 Å². The summed E-state index contributed by atoms with van der Waals surface area (Å²) in [5.41, 5.74) is 1.50. The van der Waals surface area contributed by atoms with Crippen LogP contribution in [0.5, 0.6) is 0 Å². The fourth-order valence-corrected chi connectivity index (χ4v) is 3.08. The van der Waals surface area contributed by atoms with Gasteiger partial charge >= 0.3 is 6.18 Å². The van der Waals surface area contributed by atoms with Crippen LogP contribution in [0.2, 0.25) is 5.02 Å². The molecule has 2 unspecified atom stereocenters. The van der Waals surface area contributed by atoms with E-state index in [0.717, 1.165) is 12.1 Å². The van der Waals surface area contributed by atoms with E-state index < -0.39 is 18.1 Å². The van der Waals surface area contributed by atoms with E-state index in [0.29, 0.717) is 23.6 Å².